The van der Waals surface area contributed by atoms with Crippen molar-refractivity contribution in [2.75, 3.05) is 0 Å². The molecule has 0 radical (unpaired) electrons. The van der Waals surface area contributed by atoms with Gasteiger partial charge >= 0.3 is 0 Å². The summed E-state index contributed by atoms with van der Waals surface area (Å²) < 4.78 is 1.96. The van der Waals surface area contributed by atoms with Crippen molar-refractivity contribution < 1.29 is 0 Å². The summed E-state index contributed by atoms with van der Waals surface area (Å²) in [5.74, 6) is 0.838. The molecule has 2 nitrogen and oxygen atoms in total. The van der Waals surface area contributed by atoms with E-state index in [4.69, 9.17) is 23.2 Å². The summed E-state index contributed by atoms with van der Waals surface area (Å²) in [6.07, 6.45) is 3.65. The smallest absolute Gasteiger partial charge is 0.144 e. The minimum absolute atomic E-state index is 0.690. The lowest BCUT2D eigenvalue weighted by Crippen LogP contribution is -1.96. The van der Waals surface area contributed by atoms with Crippen LogP contribution in [0.3, 0.4) is 0 Å². The maximum Gasteiger partial charge on any atom is 0.144 e. The minimum atomic E-state index is 0.690. The number of para-hydroxylation sites is 1. The average Bonchev–Trinajstić information content (AvgIpc) is 2.89. The summed E-state index contributed by atoms with van der Waals surface area (Å²) in [6, 6.07) is 15.3. The summed E-state index contributed by atoms with van der Waals surface area (Å²) in [5, 5.41) is 1.40. The van der Waals surface area contributed by atoms with Crippen LogP contribution in [0.25, 0.3) is 17.1 Å². The largest absolute Gasteiger partial charge is 0.298 e. The summed E-state index contributed by atoms with van der Waals surface area (Å²) >= 11 is 12.1. The van der Waals surface area contributed by atoms with E-state index in [9.17, 15) is 0 Å². The Morgan fingerprint density at radius 2 is 1.63 bits per heavy atom. The van der Waals surface area contributed by atoms with Crippen molar-refractivity contribution in [3.8, 4) is 17.1 Å². The van der Waals surface area contributed by atoms with Crippen LogP contribution in [0.15, 0.2) is 60.9 Å². The number of nitrogens with zero attached hydrogens (tertiary/aromatic N) is 2. The zero-order valence-corrected chi connectivity index (χ0v) is 11.4. The SMILES string of the molecule is Clc1ccc(-c2nccn2-c2ccccc2Cl)cc1. The lowest BCUT2D eigenvalue weighted by Gasteiger charge is -2.09. The Bertz CT molecular complexity index is 702. The van der Waals surface area contributed by atoms with Gasteiger partial charge in [-0.2, -0.15) is 0 Å². The first kappa shape index (κ1) is 12.3. The molecule has 1 heterocycles. The Labute approximate surface area is 121 Å². The van der Waals surface area contributed by atoms with Gasteiger partial charge in [-0.15, -0.1) is 0 Å². The highest BCUT2D eigenvalue weighted by Gasteiger charge is 2.09. The van der Waals surface area contributed by atoms with Crippen LogP contribution in [-0.2, 0) is 0 Å². The predicted octanol–water partition coefficient (Wildman–Crippen LogP) is 4.85. The number of halogens is 2. The van der Waals surface area contributed by atoms with Gasteiger partial charge in [-0.3, -0.25) is 4.57 Å². The van der Waals surface area contributed by atoms with E-state index in [2.05, 4.69) is 4.98 Å². The molecule has 0 saturated heterocycles. The normalized spacial score (nSPS) is 10.6. The standard InChI is InChI=1S/C15H10Cl2N2/c16-12-7-5-11(6-8-12)15-18-9-10-19(15)14-4-2-1-3-13(14)17/h1-10H. The van der Waals surface area contributed by atoms with E-state index in [-0.39, 0.29) is 0 Å². The van der Waals surface area contributed by atoms with Gasteiger partial charge in [0, 0.05) is 23.0 Å². The molecule has 0 spiro atoms. The third kappa shape index (κ3) is 2.37. The number of rotatable bonds is 2. The first-order valence-electron chi connectivity index (χ1n) is 5.80. The van der Waals surface area contributed by atoms with Crippen LogP contribution in [0.2, 0.25) is 10.0 Å². The molecule has 0 aliphatic carbocycles. The zero-order chi connectivity index (χ0) is 13.2. The molecular weight excluding hydrogens is 279 g/mol. The van der Waals surface area contributed by atoms with E-state index < -0.39 is 0 Å². The van der Waals surface area contributed by atoms with Gasteiger partial charge in [-0.1, -0.05) is 35.3 Å². The van der Waals surface area contributed by atoms with E-state index in [0.29, 0.717) is 10.0 Å². The third-order valence-corrected chi connectivity index (χ3v) is 3.43. The highest BCUT2D eigenvalue weighted by Crippen LogP contribution is 2.26. The van der Waals surface area contributed by atoms with E-state index >= 15 is 0 Å². The molecule has 2 aromatic carbocycles. The van der Waals surface area contributed by atoms with Crippen LogP contribution >= 0.6 is 23.2 Å². The molecular formula is C15H10Cl2N2. The average molecular weight is 289 g/mol. The molecule has 0 bridgehead atoms. The van der Waals surface area contributed by atoms with Crippen molar-refractivity contribution in [1.82, 2.24) is 9.55 Å². The van der Waals surface area contributed by atoms with Gasteiger partial charge < -0.3 is 0 Å². The van der Waals surface area contributed by atoms with Crippen LogP contribution < -0.4 is 0 Å². The highest BCUT2D eigenvalue weighted by atomic mass is 35.5. The molecule has 0 unspecified atom stereocenters. The molecule has 0 amide bonds. The lowest BCUT2D eigenvalue weighted by atomic mass is 10.2. The number of aromatic nitrogens is 2. The van der Waals surface area contributed by atoms with Crippen LogP contribution in [0.4, 0.5) is 0 Å². The maximum atomic E-state index is 6.23. The second-order valence-electron chi connectivity index (χ2n) is 4.08. The van der Waals surface area contributed by atoms with E-state index in [0.717, 1.165) is 17.1 Å². The second kappa shape index (κ2) is 5.08. The van der Waals surface area contributed by atoms with Crippen LogP contribution in [0.1, 0.15) is 0 Å². The van der Waals surface area contributed by atoms with Crippen molar-refractivity contribution in [3.05, 3.63) is 71.0 Å². The molecule has 0 N–H and O–H groups in total. The van der Waals surface area contributed by atoms with Crippen molar-refractivity contribution in [1.29, 1.82) is 0 Å². The van der Waals surface area contributed by atoms with Crippen molar-refractivity contribution in [2.45, 2.75) is 0 Å². The van der Waals surface area contributed by atoms with Gasteiger partial charge in [0.2, 0.25) is 0 Å². The monoisotopic (exact) mass is 288 g/mol. The Balaban J connectivity index is 2.13. The quantitative estimate of drug-likeness (QED) is 0.659. The maximum absolute atomic E-state index is 6.23. The summed E-state index contributed by atoms with van der Waals surface area (Å²) in [5.41, 5.74) is 1.90. The molecule has 94 valence electrons. The molecule has 0 atom stereocenters. The van der Waals surface area contributed by atoms with Gasteiger partial charge in [0.15, 0.2) is 0 Å². The Kier molecular flexibility index (Phi) is 3.28. The Morgan fingerprint density at radius 3 is 2.37 bits per heavy atom. The predicted molar refractivity (Wildman–Crippen MR) is 79.0 cm³/mol. The molecule has 4 heteroatoms. The molecule has 19 heavy (non-hydrogen) atoms. The van der Waals surface area contributed by atoms with Crippen LogP contribution in [0.5, 0.6) is 0 Å². The molecule has 0 fully saturated rings. The molecule has 3 aromatic rings. The van der Waals surface area contributed by atoms with E-state index in [1.54, 1.807) is 6.20 Å². The first-order valence-corrected chi connectivity index (χ1v) is 6.55. The number of hydrogen-bond donors (Lipinski definition) is 0. The number of benzene rings is 2. The van der Waals surface area contributed by atoms with Crippen molar-refractivity contribution >= 4 is 23.2 Å². The molecule has 0 aliphatic heterocycles. The highest BCUT2D eigenvalue weighted by molar-refractivity contribution is 6.32. The minimum Gasteiger partial charge on any atom is -0.298 e. The molecule has 0 aliphatic rings. The van der Waals surface area contributed by atoms with Crippen LogP contribution in [-0.4, -0.2) is 9.55 Å². The van der Waals surface area contributed by atoms with Crippen molar-refractivity contribution in [2.24, 2.45) is 0 Å². The molecule has 1 aromatic heterocycles. The van der Waals surface area contributed by atoms with Crippen LogP contribution in [0, 0.1) is 0 Å². The summed E-state index contributed by atoms with van der Waals surface area (Å²) in [6.45, 7) is 0. The first-order chi connectivity index (χ1) is 9.25. The van der Waals surface area contributed by atoms with Gasteiger partial charge in [-0.25, -0.2) is 4.98 Å². The molecule has 0 saturated carbocycles. The topological polar surface area (TPSA) is 17.8 Å². The Hall–Kier alpha value is -1.77. The summed E-state index contributed by atoms with van der Waals surface area (Å²) in [4.78, 5) is 4.39. The zero-order valence-electron chi connectivity index (χ0n) is 9.92. The van der Waals surface area contributed by atoms with Gasteiger partial charge in [0.25, 0.3) is 0 Å². The Morgan fingerprint density at radius 1 is 0.895 bits per heavy atom. The number of hydrogen-bond acceptors (Lipinski definition) is 1. The van der Waals surface area contributed by atoms with E-state index in [1.165, 1.54) is 0 Å². The van der Waals surface area contributed by atoms with Crippen molar-refractivity contribution in [3.63, 3.8) is 0 Å². The second-order valence-corrected chi connectivity index (χ2v) is 4.92. The summed E-state index contributed by atoms with van der Waals surface area (Å²) in [7, 11) is 0. The fourth-order valence-corrected chi connectivity index (χ4v) is 2.31. The third-order valence-electron chi connectivity index (χ3n) is 2.86. The number of imidazole rings is 1. The fourth-order valence-electron chi connectivity index (χ4n) is 1.96. The van der Waals surface area contributed by atoms with E-state index in [1.807, 2.05) is 59.3 Å². The van der Waals surface area contributed by atoms with Gasteiger partial charge in [0.1, 0.15) is 5.82 Å². The van der Waals surface area contributed by atoms with Gasteiger partial charge in [0.05, 0.1) is 10.7 Å². The fraction of sp³-hybridized carbons (Fsp3) is 0. The lowest BCUT2D eigenvalue weighted by molar-refractivity contribution is 1.07. The van der Waals surface area contributed by atoms with Gasteiger partial charge in [-0.05, 0) is 36.4 Å². The molecule has 3 rings (SSSR count).